The standard InChI is InChI=1S/C23H24N2O/c1-15-13-17(3)23(25-24-22-8-6-5-7-16(22)2)21(14-15)20-11-9-19(10-12-20)18(4)26/h5-12,14-15H,13H2,1-4H3. The molecule has 132 valence electrons. The van der Waals surface area contributed by atoms with E-state index in [0.29, 0.717) is 5.92 Å². The molecule has 0 aromatic heterocycles. The van der Waals surface area contributed by atoms with Crippen molar-refractivity contribution in [2.24, 2.45) is 16.1 Å². The number of hydrogen-bond donors (Lipinski definition) is 0. The van der Waals surface area contributed by atoms with E-state index in [1.165, 1.54) is 5.57 Å². The predicted octanol–water partition coefficient (Wildman–Crippen LogP) is 6.68. The molecule has 0 aliphatic heterocycles. The molecule has 1 aliphatic rings. The highest BCUT2D eigenvalue weighted by Crippen LogP contribution is 2.36. The Morgan fingerprint density at radius 1 is 1.00 bits per heavy atom. The summed E-state index contributed by atoms with van der Waals surface area (Å²) >= 11 is 0. The number of benzene rings is 2. The summed E-state index contributed by atoms with van der Waals surface area (Å²) in [7, 11) is 0. The molecule has 3 heteroatoms. The van der Waals surface area contributed by atoms with Crippen LogP contribution in [-0.4, -0.2) is 5.78 Å². The van der Waals surface area contributed by atoms with Crippen LogP contribution in [0.5, 0.6) is 0 Å². The zero-order valence-electron chi connectivity index (χ0n) is 15.8. The lowest BCUT2D eigenvalue weighted by Crippen LogP contribution is -2.04. The van der Waals surface area contributed by atoms with Crippen LogP contribution in [0.3, 0.4) is 0 Å². The number of aryl methyl sites for hydroxylation is 1. The Kier molecular flexibility index (Phi) is 5.27. The van der Waals surface area contributed by atoms with E-state index in [1.54, 1.807) is 6.92 Å². The Labute approximate surface area is 155 Å². The predicted molar refractivity (Wildman–Crippen MR) is 107 cm³/mol. The first kappa shape index (κ1) is 18.0. The molecular formula is C23H24N2O. The minimum atomic E-state index is 0.0775. The Bertz CT molecular complexity index is 917. The van der Waals surface area contributed by atoms with Gasteiger partial charge in [-0.3, -0.25) is 4.79 Å². The molecule has 0 amide bonds. The molecule has 0 bridgehead atoms. The van der Waals surface area contributed by atoms with Crippen molar-refractivity contribution in [1.82, 2.24) is 0 Å². The van der Waals surface area contributed by atoms with E-state index in [-0.39, 0.29) is 5.78 Å². The van der Waals surface area contributed by atoms with Crippen LogP contribution < -0.4 is 0 Å². The molecule has 2 aromatic carbocycles. The van der Waals surface area contributed by atoms with Gasteiger partial charge in [0.05, 0.1) is 11.4 Å². The number of rotatable bonds is 4. The van der Waals surface area contributed by atoms with E-state index in [4.69, 9.17) is 0 Å². The number of Topliss-reactive ketones (excluding diaryl/α,β-unsaturated/α-hetero) is 1. The maximum absolute atomic E-state index is 11.5. The van der Waals surface area contributed by atoms with Gasteiger partial charge in [-0.2, -0.15) is 5.11 Å². The molecule has 1 unspecified atom stereocenters. The summed E-state index contributed by atoms with van der Waals surface area (Å²) in [4.78, 5) is 11.5. The first-order chi connectivity index (χ1) is 12.5. The molecule has 1 aliphatic carbocycles. The number of ketones is 1. The number of carbonyl (C=O) groups excluding carboxylic acids is 1. The van der Waals surface area contributed by atoms with E-state index in [1.807, 2.05) is 55.5 Å². The van der Waals surface area contributed by atoms with Gasteiger partial charge in [-0.1, -0.05) is 55.5 Å². The number of azo groups is 1. The molecule has 3 rings (SSSR count). The number of carbonyl (C=O) groups is 1. The second-order valence-corrected chi connectivity index (χ2v) is 7.01. The van der Waals surface area contributed by atoms with Crippen LogP contribution >= 0.6 is 0 Å². The molecule has 0 saturated heterocycles. The van der Waals surface area contributed by atoms with Crippen molar-refractivity contribution in [2.75, 3.05) is 0 Å². The van der Waals surface area contributed by atoms with Gasteiger partial charge in [-0.25, -0.2) is 0 Å². The van der Waals surface area contributed by atoms with E-state index >= 15 is 0 Å². The van der Waals surface area contributed by atoms with E-state index in [9.17, 15) is 4.79 Å². The SMILES string of the molecule is CC(=O)c1ccc(C2=CC(C)CC(C)=C2N=Nc2ccccc2C)cc1. The Morgan fingerprint density at radius 3 is 2.35 bits per heavy atom. The molecule has 3 nitrogen and oxygen atoms in total. The normalized spacial score (nSPS) is 17.5. The first-order valence-electron chi connectivity index (χ1n) is 8.96. The topological polar surface area (TPSA) is 41.8 Å². The van der Waals surface area contributed by atoms with Crippen molar-refractivity contribution in [2.45, 2.75) is 34.1 Å². The quantitative estimate of drug-likeness (QED) is 0.450. The van der Waals surface area contributed by atoms with Crippen molar-refractivity contribution in [3.8, 4) is 0 Å². The van der Waals surface area contributed by atoms with Gasteiger partial charge in [0.15, 0.2) is 5.78 Å². The lowest BCUT2D eigenvalue weighted by Gasteiger charge is -2.21. The lowest BCUT2D eigenvalue weighted by atomic mass is 9.86. The fraction of sp³-hybridized carbons (Fsp3) is 0.261. The molecule has 2 aromatic rings. The summed E-state index contributed by atoms with van der Waals surface area (Å²) in [6.07, 6.45) is 3.24. The number of nitrogens with zero attached hydrogens (tertiary/aromatic N) is 2. The summed E-state index contributed by atoms with van der Waals surface area (Å²) in [5.41, 5.74) is 7.05. The van der Waals surface area contributed by atoms with Gasteiger partial charge in [0.1, 0.15) is 0 Å². The Hall–Kier alpha value is -2.81. The van der Waals surface area contributed by atoms with E-state index in [2.05, 4.69) is 30.2 Å². The smallest absolute Gasteiger partial charge is 0.159 e. The summed E-state index contributed by atoms with van der Waals surface area (Å²) in [5, 5.41) is 9.11. The second-order valence-electron chi connectivity index (χ2n) is 7.01. The van der Waals surface area contributed by atoms with Crippen LogP contribution in [0, 0.1) is 12.8 Å². The van der Waals surface area contributed by atoms with Gasteiger partial charge in [0, 0.05) is 11.1 Å². The maximum Gasteiger partial charge on any atom is 0.159 e. The number of hydrogen-bond acceptors (Lipinski definition) is 3. The summed E-state index contributed by atoms with van der Waals surface area (Å²) < 4.78 is 0. The first-order valence-corrected chi connectivity index (χ1v) is 8.96. The molecule has 0 radical (unpaired) electrons. The molecule has 0 N–H and O–H groups in total. The zero-order chi connectivity index (χ0) is 18.7. The molecule has 0 fully saturated rings. The third-order valence-corrected chi connectivity index (χ3v) is 4.71. The molecule has 0 saturated carbocycles. The monoisotopic (exact) mass is 344 g/mol. The van der Waals surface area contributed by atoms with Crippen LogP contribution in [-0.2, 0) is 0 Å². The summed E-state index contributed by atoms with van der Waals surface area (Å²) in [5.74, 6) is 0.531. The van der Waals surface area contributed by atoms with Crippen LogP contribution in [0.25, 0.3) is 5.57 Å². The molecular weight excluding hydrogens is 320 g/mol. The molecule has 1 atom stereocenters. The fourth-order valence-electron chi connectivity index (χ4n) is 3.27. The van der Waals surface area contributed by atoms with Crippen LogP contribution in [0.1, 0.15) is 48.7 Å². The fourth-order valence-corrected chi connectivity index (χ4v) is 3.27. The van der Waals surface area contributed by atoms with Gasteiger partial charge < -0.3 is 0 Å². The summed E-state index contributed by atoms with van der Waals surface area (Å²) in [6.45, 7) is 7.96. The van der Waals surface area contributed by atoms with Crippen molar-refractivity contribution in [3.05, 3.63) is 82.6 Å². The van der Waals surface area contributed by atoms with Gasteiger partial charge in [-0.05, 0) is 55.9 Å². The second kappa shape index (κ2) is 7.61. The van der Waals surface area contributed by atoms with Gasteiger partial charge in [0.25, 0.3) is 0 Å². The molecule has 0 spiro atoms. The lowest BCUT2D eigenvalue weighted by molar-refractivity contribution is 0.101. The zero-order valence-corrected chi connectivity index (χ0v) is 15.8. The Morgan fingerprint density at radius 2 is 1.69 bits per heavy atom. The van der Waals surface area contributed by atoms with Crippen LogP contribution in [0.15, 0.2) is 76.1 Å². The minimum absolute atomic E-state index is 0.0775. The highest BCUT2D eigenvalue weighted by Gasteiger charge is 2.19. The van der Waals surface area contributed by atoms with Gasteiger partial charge in [-0.15, -0.1) is 5.11 Å². The van der Waals surface area contributed by atoms with E-state index in [0.717, 1.165) is 40.1 Å². The summed E-state index contributed by atoms with van der Waals surface area (Å²) in [6, 6.07) is 15.7. The van der Waals surface area contributed by atoms with Gasteiger partial charge >= 0.3 is 0 Å². The average molecular weight is 344 g/mol. The van der Waals surface area contributed by atoms with Crippen molar-refractivity contribution >= 4 is 17.0 Å². The average Bonchev–Trinajstić information content (AvgIpc) is 2.62. The highest BCUT2D eigenvalue weighted by molar-refractivity contribution is 5.94. The number of allylic oxidation sites excluding steroid dienone is 3. The van der Waals surface area contributed by atoms with Crippen LogP contribution in [0.4, 0.5) is 5.69 Å². The van der Waals surface area contributed by atoms with E-state index < -0.39 is 0 Å². The Balaban J connectivity index is 1.98. The maximum atomic E-state index is 11.5. The molecule has 26 heavy (non-hydrogen) atoms. The van der Waals surface area contributed by atoms with Crippen molar-refractivity contribution in [1.29, 1.82) is 0 Å². The third-order valence-electron chi connectivity index (χ3n) is 4.71. The highest BCUT2D eigenvalue weighted by atomic mass is 16.1. The minimum Gasteiger partial charge on any atom is -0.295 e. The van der Waals surface area contributed by atoms with Crippen LogP contribution in [0.2, 0.25) is 0 Å². The van der Waals surface area contributed by atoms with Crippen molar-refractivity contribution in [3.63, 3.8) is 0 Å². The van der Waals surface area contributed by atoms with Gasteiger partial charge in [0.2, 0.25) is 0 Å². The van der Waals surface area contributed by atoms with Crippen molar-refractivity contribution < 1.29 is 4.79 Å². The molecule has 0 heterocycles. The largest absolute Gasteiger partial charge is 0.295 e. The third kappa shape index (κ3) is 3.88.